The van der Waals surface area contributed by atoms with Crippen LogP contribution >= 0.6 is 0 Å². The van der Waals surface area contributed by atoms with Crippen LogP contribution in [-0.4, -0.2) is 5.11 Å². The van der Waals surface area contributed by atoms with Crippen LogP contribution < -0.4 is 0 Å². The molecule has 0 aliphatic rings. The molecule has 0 heterocycles. The predicted octanol–water partition coefficient (Wildman–Crippen LogP) is 4.22. The number of phenols is 1. The summed E-state index contributed by atoms with van der Waals surface area (Å²) in [5, 5.41) is 9.22. The summed E-state index contributed by atoms with van der Waals surface area (Å²) < 4.78 is 50.6. The third-order valence-electron chi connectivity index (χ3n) is 2.41. The minimum atomic E-state index is -4.45. The molecule has 18 heavy (non-hydrogen) atoms. The van der Waals surface area contributed by atoms with Crippen molar-refractivity contribution in [2.75, 3.05) is 0 Å². The molecule has 0 saturated heterocycles. The zero-order valence-electron chi connectivity index (χ0n) is 9.00. The molecule has 2 aromatic rings. The number of aromatic hydroxyl groups is 1. The van der Waals surface area contributed by atoms with E-state index in [1.165, 1.54) is 18.2 Å². The largest absolute Gasteiger partial charge is 0.508 e. The van der Waals surface area contributed by atoms with E-state index >= 15 is 0 Å². The van der Waals surface area contributed by atoms with Crippen LogP contribution in [0.3, 0.4) is 0 Å². The van der Waals surface area contributed by atoms with Crippen molar-refractivity contribution in [2.24, 2.45) is 0 Å². The van der Waals surface area contributed by atoms with Gasteiger partial charge < -0.3 is 5.11 Å². The molecule has 0 amide bonds. The van der Waals surface area contributed by atoms with Gasteiger partial charge in [-0.1, -0.05) is 12.1 Å². The molecular formula is C13H8F4O. The topological polar surface area (TPSA) is 20.2 Å². The molecule has 0 aliphatic heterocycles. The van der Waals surface area contributed by atoms with Gasteiger partial charge in [-0.05, 0) is 35.4 Å². The van der Waals surface area contributed by atoms with E-state index in [1.54, 1.807) is 0 Å². The molecule has 2 rings (SSSR count). The molecule has 0 bridgehead atoms. The lowest BCUT2D eigenvalue weighted by Crippen LogP contribution is -2.04. The smallest absolute Gasteiger partial charge is 0.416 e. The normalized spacial score (nSPS) is 11.6. The minimum Gasteiger partial charge on any atom is -0.508 e. The summed E-state index contributed by atoms with van der Waals surface area (Å²) in [7, 11) is 0. The molecule has 0 saturated carbocycles. The van der Waals surface area contributed by atoms with Gasteiger partial charge in [-0.15, -0.1) is 0 Å². The van der Waals surface area contributed by atoms with Crippen LogP contribution in [0, 0.1) is 5.82 Å². The Labute approximate surface area is 100 Å². The minimum absolute atomic E-state index is 0.193. The van der Waals surface area contributed by atoms with Gasteiger partial charge in [-0.2, -0.15) is 13.2 Å². The van der Waals surface area contributed by atoms with Gasteiger partial charge in [0.05, 0.1) is 5.56 Å². The maximum atomic E-state index is 13.1. The summed E-state index contributed by atoms with van der Waals surface area (Å²) in [5.74, 6) is -1.04. The molecule has 0 spiro atoms. The Hall–Kier alpha value is -2.04. The molecule has 0 radical (unpaired) electrons. The van der Waals surface area contributed by atoms with Crippen LogP contribution in [0.4, 0.5) is 17.6 Å². The first-order valence-corrected chi connectivity index (χ1v) is 5.03. The van der Waals surface area contributed by atoms with E-state index in [1.807, 2.05) is 0 Å². The van der Waals surface area contributed by atoms with Crippen LogP contribution in [0.2, 0.25) is 0 Å². The molecule has 94 valence electrons. The Morgan fingerprint density at radius 2 is 1.61 bits per heavy atom. The SMILES string of the molecule is Oc1cc(F)cc(-c2cccc(C(F)(F)F)c2)c1. The zero-order chi connectivity index (χ0) is 13.3. The van der Waals surface area contributed by atoms with Crippen molar-refractivity contribution in [2.45, 2.75) is 6.18 Å². The predicted molar refractivity (Wildman–Crippen MR) is 58.5 cm³/mol. The lowest BCUT2D eigenvalue weighted by Gasteiger charge is -2.09. The van der Waals surface area contributed by atoms with Crippen molar-refractivity contribution in [3.63, 3.8) is 0 Å². The van der Waals surface area contributed by atoms with Crippen LogP contribution in [0.15, 0.2) is 42.5 Å². The fraction of sp³-hybridized carbons (Fsp3) is 0.0769. The van der Waals surface area contributed by atoms with Gasteiger partial charge >= 0.3 is 6.18 Å². The molecule has 0 atom stereocenters. The van der Waals surface area contributed by atoms with Crippen molar-refractivity contribution in [3.8, 4) is 16.9 Å². The van der Waals surface area contributed by atoms with Gasteiger partial charge in [0.25, 0.3) is 0 Å². The molecule has 5 heteroatoms. The van der Waals surface area contributed by atoms with E-state index in [2.05, 4.69) is 0 Å². The van der Waals surface area contributed by atoms with Gasteiger partial charge in [0.1, 0.15) is 11.6 Å². The average Bonchev–Trinajstić information content (AvgIpc) is 2.27. The lowest BCUT2D eigenvalue weighted by atomic mass is 10.0. The van der Waals surface area contributed by atoms with Gasteiger partial charge in [0.2, 0.25) is 0 Å². The second-order valence-electron chi connectivity index (χ2n) is 3.78. The molecule has 0 aromatic heterocycles. The van der Waals surface area contributed by atoms with Crippen molar-refractivity contribution in [3.05, 3.63) is 53.8 Å². The van der Waals surface area contributed by atoms with Gasteiger partial charge in [-0.25, -0.2) is 4.39 Å². The number of hydrogen-bond acceptors (Lipinski definition) is 1. The molecule has 1 nitrogen and oxygen atoms in total. The van der Waals surface area contributed by atoms with E-state index in [-0.39, 0.29) is 16.9 Å². The highest BCUT2D eigenvalue weighted by molar-refractivity contribution is 5.66. The van der Waals surface area contributed by atoms with E-state index in [9.17, 15) is 22.7 Å². The third kappa shape index (κ3) is 2.61. The number of phenolic OH excluding ortho intramolecular Hbond substituents is 1. The van der Waals surface area contributed by atoms with Crippen molar-refractivity contribution >= 4 is 0 Å². The van der Waals surface area contributed by atoms with Crippen molar-refractivity contribution in [1.29, 1.82) is 0 Å². The lowest BCUT2D eigenvalue weighted by molar-refractivity contribution is -0.137. The number of alkyl halides is 3. The van der Waals surface area contributed by atoms with Crippen LogP contribution in [0.25, 0.3) is 11.1 Å². The standard InChI is InChI=1S/C13H8F4O/c14-11-5-9(6-12(18)7-11)8-2-1-3-10(4-8)13(15,16)17/h1-7,18H. The summed E-state index contributed by atoms with van der Waals surface area (Å²) in [4.78, 5) is 0. The number of benzene rings is 2. The quantitative estimate of drug-likeness (QED) is 0.757. The number of halogens is 4. The summed E-state index contributed by atoms with van der Waals surface area (Å²) in [6.45, 7) is 0. The average molecular weight is 256 g/mol. The number of rotatable bonds is 1. The van der Waals surface area contributed by atoms with Gasteiger partial charge in [0.15, 0.2) is 0 Å². The number of hydrogen-bond donors (Lipinski definition) is 1. The molecular weight excluding hydrogens is 248 g/mol. The highest BCUT2D eigenvalue weighted by Crippen LogP contribution is 2.33. The first-order chi connectivity index (χ1) is 8.36. The van der Waals surface area contributed by atoms with Crippen LogP contribution in [0.1, 0.15) is 5.56 Å². The first-order valence-electron chi connectivity index (χ1n) is 5.03. The fourth-order valence-corrected chi connectivity index (χ4v) is 1.62. The Kier molecular flexibility index (Phi) is 2.98. The monoisotopic (exact) mass is 256 g/mol. The van der Waals surface area contributed by atoms with Crippen LogP contribution in [-0.2, 0) is 6.18 Å². The van der Waals surface area contributed by atoms with Crippen molar-refractivity contribution in [1.82, 2.24) is 0 Å². The van der Waals surface area contributed by atoms with E-state index in [4.69, 9.17) is 0 Å². The van der Waals surface area contributed by atoms with Gasteiger partial charge in [-0.3, -0.25) is 0 Å². The maximum Gasteiger partial charge on any atom is 0.416 e. The molecule has 2 aromatic carbocycles. The Morgan fingerprint density at radius 3 is 2.22 bits per heavy atom. The highest BCUT2D eigenvalue weighted by atomic mass is 19.4. The fourth-order valence-electron chi connectivity index (χ4n) is 1.62. The summed E-state index contributed by atoms with van der Waals surface area (Å²) in [5.41, 5.74) is -0.429. The Bertz CT molecular complexity index is 555. The van der Waals surface area contributed by atoms with Crippen molar-refractivity contribution < 1.29 is 22.7 Å². The van der Waals surface area contributed by atoms with E-state index in [0.717, 1.165) is 24.3 Å². The molecule has 1 N–H and O–H groups in total. The molecule has 0 fully saturated rings. The summed E-state index contributed by atoms with van der Waals surface area (Å²) in [6, 6.07) is 7.66. The Morgan fingerprint density at radius 1 is 0.889 bits per heavy atom. The van der Waals surface area contributed by atoms with E-state index in [0.29, 0.717) is 0 Å². The summed E-state index contributed by atoms with van der Waals surface area (Å²) >= 11 is 0. The van der Waals surface area contributed by atoms with Gasteiger partial charge in [0, 0.05) is 6.07 Å². The maximum absolute atomic E-state index is 13.1. The zero-order valence-corrected chi connectivity index (χ0v) is 9.00. The molecule has 0 aliphatic carbocycles. The second kappa shape index (κ2) is 4.33. The third-order valence-corrected chi connectivity index (χ3v) is 2.41. The summed E-state index contributed by atoms with van der Waals surface area (Å²) in [6.07, 6.45) is -4.45. The van der Waals surface area contributed by atoms with Crippen LogP contribution in [0.5, 0.6) is 5.75 Å². The van der Waals surface area contributed by atoms with E-state index < -0.39 is 17.6 Å². The Balaban J connectivity index is 2.51. The molecule has 0 unspecified atom stereocenters. The first kappa shape index (κ1) is 12.4. The second-order valence-corrected chi connectivity index (χ2v) is 3.78. The highest BCUT2D eigenvalue weighted by Gasteiger charge is 2.30.